The van der Waals surface area contributed by atoms with E-state index >= 15 is 0 Å². The summed E-state index contributed by atoms with van der Waals surface area (Å²) in [5.74, 6) is -0.529. The number of aromatic nitrogens is 3. The summed E-state index contributed by atoms with van der Waals surface area (Å²) in [5.41, 5.74) is 2.71. The van der Waals surface area contributed by atoms with Crippen LogP contribution in [0.2, 0.25) is 10.0 Å². The van der Waals surface area contributed by atoms with E-state index in [0.717, 1.165) is 5.56 Å². The summed E-state index contributed by atoms with van der Waals surface area (Å²) in [6, 6.07) is 17.9. The number of anilines is 1. The molecule has 4 rings (SSSR count). The smallest absolute Gasteiger partial charge is 0.295 e. The van der Waals surface area contributed by atoms with Crippen LogP contribution in [0.3, 0.4) is 0 Å². The van der Waals surface area contributed by atoms with Crippen molar-refractivity contribution in [2.45, 2.75) is 6.92 Å². The van der Waals surface area contributed by atoms with E-state index in [1.165, 1.54) is 24.3 Å². The summed E-state index contributed by atoms with van der Waals surface area (Å²) >= 11 is 12.3. The Morgan fingerprint density at radius 1 is 1.00 bits per heavy atom. The molecule has 0 radical (unpaired) electrons. The number of halogens is 3. The third-order valence-corrected chi connectivity index (χ3v) is 4.86. The van der Waals surface area contributed by atoms with Crippen LogP contribution in [-0.4, -0.2) is 20.7 Å². The Morgan fingerprint density at radius 2 is 1.73 bits per heavy atom. The zero-order valence-corrected chi connectivity index (χ0v) is 17.2. The van der Waals surface area contributed by atoms with Crippen LogP contribution in [0.1, 0.15) is 16.2 Å². The van der Waals surface area contributed by atoms with E-state index in [-0.39, 0.29) is 5.82 Å². The number of hydrogen-bond acceptors (Lipinski definition) is 3. The molecule has 1 amide bonds. The number of amides is 1. The molecule has 1 heterocycles. The zero-order chi connectivity index (χ0) is 21.3. The van der Waals surface area contributed by atoms with Gasteiger partial charge >= 0.3 is 0 Å². The van der Waals surface area contributed by atoms with Gasteiger partial charge in [-0.25, -0.2) is 14.1 Å². The molecule has 8 heteroatoms. The van der Waals surface area contributed by atoms with E-state index in [9.17, 15) is 9.18 Å². The highest BCUT2D eigenvalue weighted by Crippen LogP contribution is 2.27. The Morgan fingerprint density at radius 3 is 2.47 bits per heavy atom. The lowest BCUT2D eigenvalue weighted by molar-refractivity contribution is 0.101. The third kappa shape index (κ3) is 4.20. The number of hydrogen-bond donors (Lipinski definition) is 1. The topological polar surface area (TPSA) is 59.8 Å². The van der Waals surface area contributed by atoms with Crippen molar-refractivity contribution < 1.29 is 9.18 Å². The lowest BCUT2D eigenvalue weighted by Gasteiger charge is -2.09. The van der Waals surface area contributed by atoms with Gasteiger partial charge in [-0.3, -0.25) is 4.79 Å². The molecule has 5 nitrogen and oxygen atoms in total. The number of nitrogens with zero attached hydrogens (tertiary/aromatic N) is 3. The van der Waals surface area contributed by atoms with Crippen molar-refractivity contribution in [3.05, 3.63) is 94.0 Å². The molecular weight excluding hydrogens is 426 g/mol. The van der Waals surface area contributed by atoms with E-state index < -0.39 is 11.7 Å². The molecule has 4 aromatic rings. The van der Waals surface area contributed by atoms with Crippen molar-refractivity contribution in [3.8, 4) is 17.1 Å². The number of aryl methyl sites for hydroxylation is 1. The molecule has 0 saturated heterocycles. The molecule has 0 unspecified atom stereocenters. The van der Waals surface area contributed by atoms with Gasteiger partial charge in [0.05, 0.1) is 5.69 Å². The van der Waals surface area contributed by atoms with Crippen LogP contribution in [0.25, 0.3) is 17.1 Å². The van der Waals surface area contributed by atoms with Crippen molar-refractivity contribution in [1.82, 2.24) is 14.8 Å². The monoisotopic (exact) mass is 440 g/mol. The molecule has 0 fully saturated rings. The van der Waals surface area contributed by atoms with Crippen molar-refractivity contribution in [2.24, 2.45) is 0 Å². The summed E-state index contributed by atoms with van der Waals surface area (Å²) < 4.78 is 14.7. The number of rotatable bonds is 4. The van der Waals surface area contributed by atoms with Gasteiger partial charge in [0.2, 0.25) is 5.82 Å². The highest BCUT2D eigenvalue weighted by molar-refractivity contribution is 6.31. The first-order valence-electron chi connectivity index (χ1n) is 8.97. The van der Waals surface area contributed by atoms with E-state index in [1.807, 2.05) is 19.1 Å². The summed E-state index contributed by atoms with van der Waals surface area (Å²) in [6.45, 7) is 1.91. The first-order valence-corrected chi connectivity index (χ1v) is 9.73. The molecule has 1 N–H and O–H groups in total. The summed E-state index contributed by atoms with van der Waals surface area (Å²) in [5, 5.41) is 8.15. The van der Waals surface area contributed by atoms with E-state index in [0.29, 0.717) is 32.8 Å². The molecule has 1 aromatic heterocycles. The second kappa shape index (κ2) is 8.26. The third-order valence-electron chi connectivity index (χ3n) is 4.39. The Bertz CT molecular complexity index is 1240. The van der Waals surface area contributed by atoms with Gasteiger partial charge in [0, 0.05) is 21.3 Å². The van der Waals surface area contributed by atoms with Gasteiger partial charge in [0.25, 0.3) is 5.91 Å². The number of carbonyl (C=O) groups excluding carboxylic acids is 1. The molecule has 0 saturated carbocycles. The van der Waals surface area contributed by atoms with Gasteiger partial charge in [0.15, 0.2) is 5.82 Å². The molecule has 3 aromatic carbocycles. The Labute approximate surface area is 182 Å². The van der Waals surface area contributed by atoms with Gasteiger partial charge in [-0.1, -0.05) is 41.4 Å². The van der Waals surface area contributed by atoms with Crippen molar-refractivity contribution >= 4 is 34.8 Å². The van der Waals surface area contributed by atoms with Crippen molar-refractivity contribution in [1.29, 1.82) is 0 Å². The van der Waals surface area contributed by atoms with Gasteiger partial charge in [-0.15, -0.1) is 5.10 Å². The van der Waals surface area contributed by atoms with Crippen LogP contribution in [0, 0.1) is 12.7 Å². The summed E-state index contributed by atoms with van der Waals surface area (Å²) in [6.07, 6.45) is 0. The fraction of sp³-hybridized carbons (Fsp3) is 0.0455. The number of benzene rings is 3. The molecule has 0 atom stereocenters. The lowest BCUT2D eigenvalue weighted by atomic mass is 10.2. The second-order valence-electron chi connectivity index (χ2n) is 6.57. The SMILES string of the molecule is Cc1ccc(Cl)cc1-n1nc(C(=O)Nc2ccc(F)cc2)nc1-c1cccc(Cl)c1. The normalized spacial score (nSPS) is 10.8. The minimum absolute atomic E-state index is 0.0475. The fourth-order valence-corrected chi connectivity index (χ4v) is 3.28. The van der Waals surface area contributed by atoms with Crippen LogP contribution in [0.4, 0.5) is 10.1 Å². The van der Waals surface area contributed by atoms with Crippen LogP contribution in [-0.2, 0) is 0 Å². The summed E-state index contributed by atoms with van der Waals surface area (Å²) in [7, 11) is 0. The van der Waals surface area contributed by atoms with Crippen LogP contribution in [0.15, 0.2) is 66.7 Å². The highest BCUT2D eigenvalue weighted by Gasteiger charge is 2.20. The minimum atomic E-state index is -0.525. The van der Waals surface area contributed by atoms with E-state index in [1.54, 1.807) is 35.0 Å². The maximum absolute atomic E-state index is 13.1. The standard InChI is InChI=1S/C22H15Cl2FN4O/c1-13-5-6-16(24)12-19(13)29-21(14-3-2-4-15(23)11-14)27-20(28-29)22(30)26-18-9-7-17(25)8-10-18/h2-12H,1H3,(H,26,30). The predicted octanol–water partition coefficient (Wildman–Crippen LogP) is 5.94. The van der Waals surface area contributed by atoms with E-state index in [2.05, 4.69) is 15.4 Å². The molecule has 0 bridgehead atoms. The largest absolute Gasteiger partial charge is 0.319 e. The molecule has 0 spiro atoms. The Kier molecular flexibility index (Phi) is 5.53. The highest BCUT2D eigenvalue weighted by atomic mass is 35.5. The molecule has 0 aliphatic heterocycles. The zero-order valence-electron chi connectivity index (χ0n) is 15.7. The predicted molar refractivity (Wildman–Crippen MR) is 116 cm³/mol. The first kappa shape index (κ1) is 20.1. The van der Waals surface area contributed by atoms with Gasteiger partial charge in [-0.05, 0) is 61.0 Å². The average Bonchev–Trinajstić information content (AvgIpc) is 3.17. The molecule has 0 aliphatic carbocycles. The van der Waals surface area contributed by atoms with Crippen molar-refractivity contribution in [3.63, 3.8) is 0 Å². The fourth-order valence-electron chi connectivity index (χ4n) is 2.92. The van der Waals surface area contributed by atoms with Crippen LogP contribution in [0.5, 0.6) is 0 Å². The van der Waals surface area contributed by atoms with E-state index in [4.69, 9.17) is 23.2 Å². The maximum Gasteiger partial charge on any atom is 0.295 e. The quantitative estimate of drug-likeness (QED) is 0.426. The average molecular weight is 441 g/mol. The molecule has 0 aliphatic rings. The van der Waals surface area contributed by atoms with Gasteiger partial charge in [0.1, 0.15) is 5.82 Å². The van der Waals surface area contributed by atoms with Crippen molar-refractivity contribution in [2.75, 3.05) is 5.32 Å². The van der Waals surface area contributed by atoms with Crippen LogP contribution >= 0.6 is 23.2 Å². The van der Waals surface area contributed by atoms with Gasteiger partial charge < -0.3 is 5.32 Å². The summed E-state index contributed by atoms with van der Waals surface area (Å²) in [4.78, 5) is 17.2. The lowest BCUT2D eigenvalue weighted by Crippen LogP contribution is -2.14. The Balaban J connectivity index is 1.80. The first-order chi connectivity index (χ1) is 14.4. The maximum atomic E-state index is 13.1. The Hall–Kier alpha value is -3.22. The molecular formula is C22H15Cl2FN4O. The second-order valence-corrected chi connectivity index (χ2v) is 7.45. The number of carbonyl (C=O) groups is 1. The molecule has 30 heavy (non-hydrogen) atoms. The number of nitrogens with one attached hydrogen (secondary N) is 1. The van der Waals surface area contributed by atoms with Gasteiger partial charge in [-0.2, -0.15) is 0 Å². The van der Waals surface area contributed by atoms with Crippen LogP contribution < -0.4 is 5.32 Å². The molecule has 150 valence electrons. The minimum Gasteiger partial charge on any atom is -0.319 e.